The Hall–Kier alpha value is -3.62. The summed E-state index contributed by atoms with van der Waals surface area (Å²) in [4.78, 5) is 28.7. The first-order valence-corrected chi connectivity index (χ1v) is 9.32. The number of hydrogen-bond donors (Lipinski definition) is 1. The summed E-state index contributed by atoms with van der Waals surface area (Å²) < 4.78 is 6.84. The second-order valence-corrected chi connectivity index (χ2v) is 7.46. The first-order chi connectivity index (χ1) is 13.9. The lowest BCUT2D eigenvalue weighted by Crippen LogP contribution is -2.40. The van der Waals surface area contributed by atoms with Crippen molar-refractivity contribution in [2.24, 2.45) is 0 Å². The summed E-state index contributed by atoms with van der Waals surface area (Å²) in [6, 6.07) is 4.15. The standard InChI is InChI=1S/C20H19N5O4/c1-11-17(12(2)29-22-11)10-23-9-15(7-21-23)25-19(27)18-6-13-3-4-16(26)5-14(13)8-24(18)20(25)28/h3-5,7,9,18,26H,6,8,10H2,1-2H3/t18-/m1/s1. The maximum absolute atomic E-state index is 13.0. The van der Waals surface area contributed by atoms with Gasteiger partial charge in [-0.3, -0.25) is 9.48 Å². The highest BCUT2D eigenvalue weighted by molar-refractivity contribution is 6.21. The molecule has 3 aromatic rings. The largest absolute Gasteiger partial charge is 0.508 e. The van der Waals surface area contributed by atoms with Gasteiger partial charge >= 0.3 is 6.03 Å². The predicted molar refractivity (Wildman–Crippen MR) is 101 cm³/mol. The number of phenols is 1. The van der Waals surface area contributed by atoms with Crippen LogP contribution in [0.15, 0.2) is 35.1 Å². The number of imide groups is 1. The summed E-state index contributed by atoms with van der Waals surface area (Å²) in [6.07, 6.45) is 3.63. The van der Waals surface area contributed by atoms with Crippen LogP contribution in [0.3, 0.4) is 0 Å². The fourth-order valence-electron chi connectivity index (χ4n) is 4.05. The van der Waals surface area contributed by atoms with Crippen molar-refractivity contribution in [1.29, 1.82) is 0 Å². The average Bonchev–Trinajstić information content (AvgIpc) is 3.34. The molecule has 4 heterocycles. The van der Waals surface area contributed by atoms with E-state index in [2.05, 4.69) is 10.3 Å². The monoisotopic (exact) mass is 393 g/mol. The molecule has 9 nitrogen and oxygen atoms in total. The Morgan fingerprint density at radius 3 is 2.83 bits per heavy atom. The van der Waals surface area contributed by atoms with Crippen LogP contribution < -0.4 is 4.90 Å². The first-order valence-electron chi connectivity index (χ1n) is 9.32. The molecule has 2 aromatic heterocycles. The quantitative estimate of drug-likeness (QED) is 0.684. The molecule has 1 atom stereocenters. The van der Waals surface area contributed by atoms with E-state index in [0.29, 0.717) is 31.0 Å². The van der Waals surface area contributed by atoms with Crippen molar-refractivity contribution in [1.82, 2.24) is 19.8 Å². The lowest BCUT2D eigenvalue weighted by Gasteiger charge is -2.28. The summed E-state index contributed by atoms with van der Waals surface area (Å²) in [7, 11) is 0. The molecule has 3 amide bonds. The first kappa shape index (κ1) is 17.5. The highest BCUT2D eigenvalue weighted by atomic mass is 16.5. The van der Waals surface area contributed by atoms with Gasteiger partial charge in [-0.1, -0.05) is 11.2 Å². The molecule has 29 heavy (non-hydrogen) atoms. The van der Waals surface area contributed by atoms with Crippen molar-refractivity contribution in [2.75, 3.05) is 4.90 Å². The van der Waals surface area contributed by atoms with Crippen LogP contribution in [0.1, 0.15) is 28.1 Å². The van der Waals surface area contributed by atoms with Crippen molar-refractivity contribution in [3.63, 3.8) is 0 Å². The van der Waals surface area contributed by atoms with Gasteiger partial charge in [0.05, 0.1) is 24.1 Å². The van der Waals surface area contributed by atoms with Crippen LogP contribution in [-0.2, 0) is 24.3 Å². The molecule has 0 unspecified atom stereocenters. The van der Waals surface area contributed by atoms with Crippen molar-refractivity contribution in [2.45, 2.75) is 39.4 Å². The van der Waals surface area contributed by atoms with Gasteiger partial charge in [0.2, 0.25) is 0 Å². The molecule has 2 aliphatic rings. The molecule has 0 bridgehead atoms. The third-order valence-corrected chi connectivity index (χ3v) is 5.64. The van der Waals surface area contributed by atoms with Crippen LogP contribution in [0.4, 0.5) is 10.5 Å². The third-order valence-electron chi connectivity index (χ3n) is 5.64. The molecule has 1 fully saturated rings. The highest BCUT2D eigenvalue weighted by Gasteiger charge is 2.48. The zero-order chi connectivity index (χ0) is 20.3. The van der Waals surface area contributed by atoms with E-state index >= 15 is 0 Å². The Labute approximate surface area is 166 Å². The van der Waals surface area contributed by atoms with Gasteiger partial charge in [-0.05, 0) is 37.1 Å². The highest BCUT2D eigenvalue weighted by Crippen LogP contribution is 2.34. The summed E-state index contributed by atoms with van der Waals surface area (Å²) in [6.45, 7) is 4.43. The molecule has 1 N–H and O–H groups in total. The van der Waals surface area contributed by atoms with E-state index in [0.717, 1.165) is 22.4 Å². The molecule has 0 saturated carbocycles. The molecular formula is C20H19N5O4. The zero-order valence-electron chi connectivity index (χ0n) is 16.0. The van der Waals surface area contributed by atoms with E-state index in [-0.39, 0.29) is 17.7 Å². The van der Waals surface area contributed by atoms with Crippen molar-refractivity contribution < 1.29 is 19.2 Å². The van der Waals surface area contributed by atoms with Crippen LogP contribution >= 0.6 is 0 Å². The second kappa shape index (κ2) is 6.20. The average molecular weight is 393 g/mol. The zero-order valence-corrected chi connectivity index (χ0v) is 16.0. The number of benzene rings is 1. The molecule has 2 aliphatic heterocycles. The smallest absolute Gasteiger partial charge is 0.332 e. The number of fused-ring (bicyclic) bond motifs is 2. The van der Waals surface area contributed by atoms with E-state index in [1.54, 1.807) is 27.9 Å². The number of aromatic hydroxyl groups is 1. The van der Waals surface area contributed by atoms with Crippen LogP contribution in [-0.4, -0.2) is 42.9 Å². The van der Waals surface area contributed by atoms with Gasteiger partial charge in [-0.2, -0.15) is 5.10 Å². The predicted octanol–water partition coefficient (Wildman–Crippen LogP) is 2.14. The number of rotatable bonds is 3. The van der Waals surface area contributed by atoms with Gasteiger partial charge in [-0.15, -0.1) is 0 Å². The fraction of sp³-hybridized carbons (Fsp3) is 0.300. The Kier molecular flexibility index (Phi) is 3.73. The number of carbonyl (C=O) groups is 2. The van der Waals surface area contributed by atoms with Gasteiger partial charge in [0.1, 0.15) is 17.6 Å². The summed E-state index contributed by atoms with van der Waals surface area (Å²) >= 11 is 0. The number of carbonyl (C=O) groups excluding carboxylic acids is 2. The second-order valence-electron chi connectivity index (χ2n) is 7.46. The molecule has 0 spiro atoms. The number of phenolic OH excluding ortho intramolecular Hbond substituents is 1. The van der Waals surface area contributed by atoms with E-state index in [4.69, 9.17) is 4.52 Å². The lowest BCUT2D eigenvalue weighted by atomic mass is 9.94. The maximum atomic E-state index is 13.0. The van der Waals surface area contributed by atoms with Gasteiger partial charge in [0, 0.05) is 24.7 Å². The molecule has 9 heteroatoms. The number of anilines is 1. The molecule has 0 aliphatic carbocycles. The fourth-order valence-corrected chi connectivity index (χ4v) is 4.05. The third kappa shape index (κ3) is 2.69. The SMILES string of the molecule is Cc1noc(C)c1Cn1cc(N2C(=O)[C@H]3Cc4ccc(O)cc4CN3C2=O)cn1. The van der Waals surface area contributed by atoms with Gasteiger partial charge in [0.25, 0.3) is 5.91 Å². The van der Waals surface area contributed by atoms with E-state index in [1.807, 2.05) is 19.9 Å². The summed E-state index contributed by atoms with van der Waals surface area (Å²) in [5.41, 5.74) is 3.98. The minimum Gasteiger partial charge on any atom is -0.508 e. The lowest BCUT2D eigenvalue weighted by molar-refractivity contribution is -0.120. The Morgan fingerprint density at radius 2 is 2.07 bits per heavy atom. The molecule has 1 aromatic carbocycles. The Morgan fingerprint density at radius 1 is 1.24 bits per heavy atom. The molecule has 5 rings (SSSR count). The van der Waals surface area contributed by atoms with E-state index in [1.165, 1.54) is 11.1 Å². The number of hydrogen-bond acceptors (Lipinski definition) is 6. The molecule has 0 radical (unpaired) electrons. The molecule has 148 valence electrons. The number of urea groups is 1. The number of nitrogens with zero attached hydrogens (tertiary/aromatic N) is 5. The molecular weight excluding hydrogens is 374 g/mol. The van der Waals surface area contributed by atoms with Crippen molar-refractivity contribution in [3.05, 3.63) is 58.7 Å². The topological polar surface area (TPSA) is 105 Å². The van der Waals surface area contributed by atoms with Crippen LogP contribution in [0.25, 0.3) is 0 Å². The van der Waals surface area contributed by atoms with Crippen molar-refractivity contribution >= 4 is 17.6 Å². The van der Waals surface area contributed by atoms with Gasteiger partial charge in [0.15, 0.2) is 0 Å². The number of aromatic nitrogens is 3. The maximum Gasteiger partial charge on any atom is 0.332 e. The normalized spacial score (nSPS) is 18.3. The van der Waals surface area contributed by atoms with Crippen LogP contribution in [0.2, 0.25) is 0 Å². The minimum atomic E-state index is -0.537. The Balaban J connectivity index is 1.41. The van der Waals surface area contributed by atoms with Crippen LogP contribution in [0, 0.1) is 13.8 Å². The molecule has 1 saturated heterocycles. The summed E-state index contributed by atoms with van der Waals surface area (Å²) in [5, 5.41) is 18.0. The van der Waals surface area contributed by atoms with E-state index < -0.39 is 6.04 Å². The minimum absolute atomic E-state index is 0.151. The van der Waals surface area contributed by atoms with E-state index in [9.17, 15) is 14.7 Å². The van der Waals surface area contributed by atoms with Crippen molar-refractivity contribution in [3.8, 4) is 5.75 Å². The Bertz CT molecular complexity index is 1130. The van der Waals surface area contributed by atoms with Crippen LogP contribution in [0.5, 0.6) is 5.75 Å². The van der Waals surface area contributed by atoms with Gasteiger partial charge in [-0.25, -0.2) is 9.69 Å². The number of amides is 3. The summed E-state index contributed by atoms with van der Waals surface area (Å²) in [5.74, 6) is 0.606. The van der Waals surface area contributed by atoms with Gasteiger partial charge < -0.3 is 14.5 Å². The number of aryl methyl sites for hydroxylation is 2.